The molecule has 0 radical (unpaired) electrons. The highest BCUT2D eigenvalue weighted by Crippen LogP contribution is 2.33. The third-order valence-electron chi connectivity index (χ3n) is 6.88. The zero-order valence-electron chi connectivity index (χ0n) is 22.2. The van der Waals surface area contributed by atoms with Crippen molar-refractivity contribution in [1.29, 1.82) is 0 Å². The van der Waals surface area contributed by atoms with Crippen LogP contribution in [0.5, 0.6) is 0 Å². The second-order valence-electron chi connectivity index (χ2n) is 10.1. The summed E-state index contributed by atoms with van der Waals surface area (Å²) >= 11 is 1.54. The highest BCUT2D eigenvalue weighted by atomic mass is 32.1. The lowest BCUT2D eigenvalue weighted by molar-refractivity contribution is 0.0602. The molecule has 9 heteroatoms. The van der Waals surface area contributed by atoms with Crippen LogP contribution in [0.3, 0.4) is 0 Å². The van der Waals surface area contributed by atoms with E-state index >= 15 is 0 Å². The number of furan rings is 1. The Morgan fingerprint density at radius 3 is 2.62 bits per heavy atom. The van der Waals surface area contributed by atoms with Gasteiger partial charge < -0.3 is 15.1 Å². The maximum absolute atomic E-state index is 14.2. The van der Waals surface area contributed by atoms with Gasteiger partial charge in [0, 0.05) is 17.5 Å². The predicted octanol–water partition coefficient (Wildman–Crippen LogP) is 5.89. The van der Waals surface area contributed by atoms with Crippen LogP contribution in [0.2, 0.25) is 0 Å². The smallest absolute Gasteiger partial charge is 0.297 e. The quantitative estimate of drug-likeness (QED) is 0.249. The highest BCUT2D eigenvalue weighted by Gasteiger charge is 2.33. The Bertz CT molecular complexity index is 1670. The standard InChI is InChI=1S/C30H31FN4O3S/c1-18(2)26(34(13-4-12-32)29(36)21-7-5-19(3)6-8-21)28-33-25-23-15-22(31)9-10-24(23)38-27(25)30(37)35(28)16-20-11-14-39-17-20/h5-11,14-15,17-18,26H,4,12-13,16,32H2,1-3H3. The van der Waals surface area contributed by atoms with E-state index in [-0.39, 0.29) is 29.5 Å². The second kappa shape index (κ2) is 11.1. The molecule has 0 aliphatic heterocycles. The van der Waals surface area contributed by atoms with Crippen LogP contribution in [-0.4, -0.2) is 33.4 Å². The Hall–Kier alpha value is -3.82. The van der Waals surface area contributed by atoms with Crippen molar-refractivity contribution in [3.8, 4) is 0 Å². The second-order valence-corrected chi connectivity index (χ2v) is 10.9. The van der Waals surface area contributed by atoms with E-state index in [1.807, 2.05) is 61.9 Å². The summed E-state index contributed by atoms with van der Waals surface area (Å²) in [6, 6.07) is 13.0. The molecule has 39 heavy (non-hydrogen) atoms. The van der Waals surface area contributed by atoms with Crippen molar-refractivity contribution in [2.24, 2.45) is 11.7 Å². The van der Waals surface area contributed by atoms with Gasteiger partial charge in [-0.25, -0.2) is 9.37 Å². The maximum Gasteiger partial charge on any atom is 0.297 e. The molecule has 7 nitrogen and oxygen atoms in total. The van der Waals surface area contributed by atoms with Crippen LogP contribution in [0, 0.1) is 18.7 Å². The molecule has 0 fully saturated rings. The average molecular weight is 547 g/mol. The fraction of sp³-hybridized carbons (Fsp3) is 0.300. The lowest BCUT2D eigenvalue weighted by atomic mass is 9.98. The van der Waals surface area contributed by atoms with Crippen molar-refractivity contribution < 1.29 is 13.6 Å². The first-order chi connectivity index (χ1) is 18.8. The number of halogens is 1. The number of aromatic nitrogens is 2. The molecule has 0 aliphatic rings. The number of benzene rings is 2. The number of aryl methyl sites for hydroxylation is 1. The summed E-state index contributed by atoms with van der Waals surface area (Å²) in [5.74, 6) is -0.291. The number of nitrogens with zero attached hydrogens (tertiary/aromatic N) is 3. The molecule has 0 aliphatic carbocycles. The molecule has 1 amide bonds. The molecule has 5 rings (SSSR count). The Kier molecular flexibility index (Phi) is 7.63. The summed E-state index contributed by atoms with van der Waals surface area (Å²) in [6.45, 7) is 7.03. The average Bonchev–Trinajstić information content (AvgIpc) is 3.56. The zero-order chi connectivity index (χ0) is 27.7. The fourth-order valence-corrected chi connectivity index (χ4v) is 5.61. The van der Waals surface area contributed by atoms with E-state index in [2.05, 4.69) is 0 Å². The Morgan fingerprint density at radius 2 is 1.95 bits per heavy atom. The van der Waals surface area contributed by atoms with Crippen LogP contribution in [0.15, 0.2) is 68.5 Å². The molecular formula is C30H31FN4O3S. The van der Waals surface area contributed by atoms with E-state index in [1.165, 1.54) is 29.5 Å². The normalized spacial score (nSPS) is 12.5. The molecule has 2 aromatic carbocycles. The molecule has 5 aromatic rings. The summed E-state index contributed by atoms with van der Waals surface area (Å²) < 4.78 is 21.7. The van der Waals surface area contributed by atoms with E-state index in [0.29, 0.717) is 47.4 Å². The van der Waals surface area contributed by atoms with Gasteiger partial charge in [-0.1, -0.05) is 31.5 Å². The third-order valence-corrected chi connectivity index (χ3v) is 7.61. The minimum Gasteiger partial charge on any atom is -0.448 e. The Labute approximate surface area is 229 Å². The van der Waals surface area contributed by atoms with Crippen molar-refractivity contribution in [2.45, 2.75) is 39.8 Å². The van der Waals surface area contributed by atoms with Gasteiger partial charge in [0.1, 0.15) is 22.7 Å². The Morgan fingerprint density at radius 1 is 1.18 bits per heavy atom. The first-order valence-electron chi connectivity index (χ1n) is 13.0. The highest BCUT2D eigenvalue weighted by molar-refractivity contribution is 7.07. The van der Waals surface area contributed by atoms with Crippen LogP contribution in [0.25, 0.3) is 22.1 Å². The van der Waals surface area contributed by atoms with Gasteiger partial charge in [0.25, 0.3) is 11.5 Å². The molecule has 0 spiro atoms. The van der Waals surface area contributed by atoms with E-state index in [0.717, 1.165) is 11.1 Å². The van der Waals surface area contributed by atoms with E-state index in [4.69, 9.17) is 15.1 Å². The number of hydrogen-bond acceptors (Lipinski definition) is 6. The van der Waals surface area contributed by atoms with Gasteiger partial charge in [-0.05, 0) is 78.5 Å². The molecule has 1 unspecified atom stereocenters. The molecule has 0 bridgehead atoms. The lowest BCUT2D eigenvalue weighted by Gasteiger charge is -2.35. The van der Waals surface area contributed by atoms with Crippen LogP contribution in [-0.2, 0) is 6.54 Å². The number of hydrogen-bond donors (Lipinski definition) is 1. The van der Waals surface area contributed by atoms with E-state index in [9.17, 15) is 14.0 Å². The van der Waals surface area contributed by atoms with Crippen LogP contribution in [0.1, 0.15) is 53.6 Å². The van der Waals surface area contributed by atoms with Gasteiger partial charge in [-0.2, -0.15) is 11.3 Å². The van der Waals surface area contributed by atoms with Gasteiger partial charge in [0.15, 0.2) is 0 Å². The predicted molar refractivity (Wildman–Crippen MR) is 153 cm³/mol. The van der Waals surface area contributed by atoms with Crippen molar-refractivity contribution in [3.63, 3.8) is 0 Å². The van der Waals surface area contributed by atoms with Gasteiger partial charge in [0.2, 0.25) is 5.58 Å². The van der Waals surface area contributed by atoms with Gasteiger partial charge in [-0.3, -0.25) is 14.2 Å². The summed E-state index contributed by atoms with van der Waals surface area (Å²) in [7, 11) is 0. The first-order valence-corrected chi connectivity index (χ1v) is 13.9. The number of carbonyl (C=O) groups excluding carboxylic acids is 1. The van der Waals surface area contributed by atoms with Crippen LogP contribution in [0.4, 0.5) is 4.39 Å². The minimum atomic E-state index is -0.556. The third kappa shape index (κ3) is 5.24. The number of fused-ring (bicyclic) bond motifs is 3. The zero-order valence-corrected chi connectivity index (χ0v) is 23.0. The van der Waals surface area contributed by atoms with Gasteiger partial charge in [-0.15, -0.1) is 0 Å². The van der Waals surface area contributed by atoms with Crippen molar-refractivity contribution in [1.82, 2.24) is 14.5 Å². The van der Waals surface area contributed by atoms with Crippen molar-refractivity contribution in [2.75, 3.05) is 13.1 Å². The summed E-state index contributed by atoms with van der Waals surface area (Å²) in [5.41, 5.74) is 8.78. The molecular weight excluding hydrogens is 515 g/mol. The monoisotopic (exact) mass is 546 g/mol. The lowest BCUT2D eigenvalue weighted by Crippen LogP contribution is -2.42. The summed E-state index contributed by atoms with van der Waals surface area (Å²) in [4.78, 5) is 34.7. The molecule has 0 saturated heterocycles. The van der Waals surface area contributed by atoms with Crippen molar-refractivity contribution in [3.05, 3.63) is 98.0 Å². The number of nitrogens with two attached hydrogens (primary N) is 1. The van der Waals surface area contributed by atoms with E-state index in [1.54, 1.807) is 9.47 Å². The maximum atomic E-state index is 14.2. The number of thiophene rings is 1. The fourth-order valence-electron chi connectivity index (χ4n) is 4.95. The topological polar surface area (TPSA) is 94.4 Å². The molecule has 202 valence electrons. The first kappa shape index (κ1) is 26.8. The summed E-state index contributed by atoms with van der Waals surface area (Å²) in [6.07, 6.45) is 0.581. The van der Waals surface area contributed by atoms with E-state index < -0.39 is 11.9 Å². The van der Waals surface area contributed by atoms with Crippen LogP contribution >= 0.6 is 11.3 Å². The number of rotatable bonds is 9. The summed E-state index contributed by atoms with van der Waals surface area (Å²) in [5, 5.41) is 4.35. The number of amides is 1. The van der Waals surface area contributed by atoms with Gasteiger partial charge >= 0.3 is 0 Å². The molecule has 2 N–H and O–H groups in total. The van der Waals surface area contributed by atoms with Gasteiger partial charge in [0.05, 0.1) is 12.6 Å². The van der Waals surface area contributed by atoms with Crippen LogP contribution < -0.4 is 11.3 Å². The Balaban J connectivity index is 1.75. The minimum absolute atomic E-state index is 0.0652. The molecule has 1 atom stereocenters. The number of carbonyl (C=O) groups is 1. The molecule has 3 heterocycles. The van der Waals surface area contributed by atoms with Crippen molar-refractivity contribution >= 4 is 39.3 Å². The SMILES string of the molecule is Cc1ccc(C(=O)N(CCCN)C(c2nc3c(oc4ccc(F)cc43)c(=O)n2Cc2ccsc2)C(C)C)cc1. The molecule has 0 saturated carbocycles. The largest absolute Gasteiger partial charge is 0.448 e. The molecule has 3 aromatic heterocycles.